The third-order valence-electron chi connectivity index (χ3n) is 8.45. The second kappa shape index (κ2) is 19.3. The van der Waals surface area contributed by atoms with Crippen molar-refractivity contribution in [3.63, 3.8) is 0 Å². The lowest BCUT2D eigenvalue weighted by molar-refractivity contribution is 0.0109. The first-order valence-corrected chi connectivity index (χ1v) is 17.9. The summed E-state index contributed by atoms with van der Waals surface area (Å²) in [5, 5.41) is 21.5. The maximum Gasteiger partial charge on any atom is 0.167 e. The summed E-state index contributed by atoms with van der Waals surface area (Å²) in [4.78, 5) is 14.5. The number of phenolic OH excluding ortho intramolecular Hbond substituents is 1. The second-order valence-corrected chi connectivity index (χ2v) is 13.3. The average molecular weight is 654 g/mol. The maximum absolute atomic E-state index is 11.1. The fourth-order valence-electron chi connectivity index (χ4n) is 6.08. The van der Waals surface area contributed by atoms with Gasteiger partial charge in [0.05, 0.1) is 12.2 Å². The molecule has 0 radical (unpaired) electrons. The van der Waals surface area contributed by atoms with E-state index in [1.807, 2.05) is 0 Å². The third kappa shape index (κ3) is 12.0. The predicted molar refractivity (Wildman–Crippen MR) is 196 cm³/mol. The van der Waals surface area contributed by atoms with Crippen LogP contribution in [0.2, 0.25) is 0 Å². The number of aryl methyl sites for hydroxylation is 4. The second-order valence-electron chi connectivity index (χ2n) is 13.3. The van der Waals surface area contributed by atoms with Gasteiger partial charge in [-0.05, 0) is 70.5 Å². The number of phenols is 1. The Balaban J connectivity index is 1.31. The Hall–Kier alpha value is -3.81. The molecule has 2 N–H and O–H groups in total. The number of hydrogen-bond acceptors (Lipinski definition) is 7. The number of aromatic hydroxyl groups is 1. The Labute approximate surface area is 287 Å². The van der Waals surface area contributed by atoms with Crippen LogP contribution in [0.15, 0.2) is 54.6 Å². The molecule has 0 bridgehead atoms. The monoisotopic (exact) mass is 653 g/mol. The Kier molecular flexibility index (Phi) is 14.8. The molecular weight excluding hydrogens is 598 g/mol. The van der Waals surface area contributed by atoms with Crippen LogP contribution >= 0.6 is 0 Å². The molecule has 0 saturated carbocycles. The highest BCUT2D eigenvalue weighted by Crippen LogP contribution is 2.33. The molecule has 0 amide bonds. The Morgan fingerprint density at radius 1 is 0.583 bits per heavy atom. The van der Waals surface area contributed by atoms with Crippen molar-refractivity contribution in [2.75, 3.05) is 19.8 Å². The Morgan fingerprint density at radius 2 is 1.06 bits per heavy atom. The van der Waals surface area contributed by atoms with E-state index in [0.29, 0.717) is 35.4 Å². The number of aromatic nitrogens is 3. The first kappa shape index (κ1) is 37.0. The predicted octanol–water partition coefficient (Wildman–Crippen LogP) is 9.88. The number of rotatable bonds is 20. The van der Waals surface area contributed by atoms with Gasteiger partial charge in [-0.15, -0.1) is 0 Å². The zero-order chi connectivity index (χ0) is 34.3. The minimum atomic E-state index is -0.760. The first-order chi connectivity index (χ1) is 23.2. The van der Waals surface area contributed by atoms with E-state index in [2.05, 4.69) is 71.0 Å². The Bertz CT molecular complexity index is 1480. The van der Waals surface area contributed by atoms with Gasteiger partial charge in [0.15, 0.2) is 17.5 Å². The molecule has 1 unspecified atom stereocenters. The number of unbranched alkanes of at least 4 members (excludes halogenated alkanes) is 10. The zero-order valence-electron chi connectivity index (χ0n) is 29.7. The van der Waals surface area contributed by atoms with Gasteiger partial charge in [0.25, 0.3) is 0 Å². The minimum absolute atomic E-state index is 0.0151. The molecule has 0 fully saturated rings. The summed E-state index contributed by atoms with van der Waals surface area (Å²) in [6.45, 7) is 11.4. The molecule has 0 spiro atoms. The molecule has 258 valence electrons. The molecule has 1 atom stereocenters. The normalized spacial score (nSPS) is 12.0. The highest BCUT2D eigenvalue weighted by atomic mass is 16.5. The van der Waals surface area contributed by atoms with Gasteiger partial charge in [-0.1, -0.05) is 106 Å². The molecule has 0 aliphatic carbocycles. The number of benzene rings is 3. The van der Waals surface area contributed by atoms with Crippen LogP contribution in [0.3, 0.4) is 0 Å². The molecular formula is C41H55N3O4. The smallest absolute Gasteiger partial charge is 0.167 e. The van der Waals surface area contributed by atoms with Gasteiger partial charge < -0.3 is 19.7 Å². The van der Waals surface area contributed by atoms with Crippen LogP contribution in [0.4, 0.5) is 0 Å². The quantitative estimate of drug-likeness (QED) is 0.0916. The number of ether oxygens (including phenoxy) is 2. The lowest BCUT2D eigenvalue weighted by Gasteiger charge is -2.14. The molecule has 0 saturated heterocycles. The van der Waals surface area contributed by atoms with Crippen molar-refractivity contribution in [2.45, 2.75) is 111 Å². The summed E-state index contributed by atoms with van der Waals surface area (Å²) >= 11 is 0. The SMILES string of the molecule is CCCCCCCCCCCCCOCC(O)COc1ccc(-c2nc(-c3cc(C)cc(C)c3)nc(-c3cc(C)cc(C)c3)n2)c(O)c1. The number of aliphatic hydroxyl groups excluding tert-OH is 1. The number of nitrogens with zero attached hydrogens (tertiary/aromatic N) is 3. The van der Waals surface area contributed by atoms with Crippen molar-refractivity contribution in [1.82, 2.24) is 15.0 Å². The van der Waals surface area contributed by atoms with Gasteiger partial charge >= 0.3 is 0 Å². The Morgan fingerprint density at radius 3 is 1.56 bits per heavy atom. The van der Waals surface area contributed by atoms with Crippen LogP contribution in [-0.4, -0.2) is 51.1 Å². The van der Waals surface area contributed by atoms with E-state index >= 15 is 0 Å². The molecule has 3 aromatic carbocycles. The summed E-state index contributed by atoms with van der Waals surface area (Å²) in [5.74, 6) is 1.87. The largest absolute Gasteiger partial charge is 0.507 e. The van der Waals surface area contributed by atoms with Gasteiger partial charge in [0, 0.05) is 23.8 Å². The van der Waals surface area contributed by atoms with Gasteiger partial charge in [0.1, 0.15) is 24.2 Å². The minimum Gasteiger partial charge on any atom is -0.507 e. The lowest BCUT2D eigenvalue weighted by atomic mass is 10.1. The van der Waals surface area contributed by atoms with Crippen molar-refractivity contribution in [3.8, 4) is 45.7 Å². The van der Waals surface area contributed by atoms with Crippen molar-refractivity contribution in [1.29, 1.82) is 0 Å². The molecule has 7 nitrogen and oxygen atoms in total. The molecule has 0 aliphatic rings. The average Bonchev–Trinajstić information content (AvgIpc) is 3.05. The van der Waals surface area contributed by atoms with E-state index in [4.69, 9.17) is 24.4 Å². The van der Waals surface area contributed by atoms with Crippen LogP contribution in [0.25, 0.3) is 34.2 Å². The van der Waals surface area contributed by atoms with Gasteiger partial charge in [-0.25, -0.2) is 15.0 Å². The molecule has 7 heteroatoms. The van der Waals surface area contributed by atoms with Crippen LogP contribution in [0.1, 0.15) is 99.8 Å². The zero-order valence-corrected chi connectivity index (χ0v) is 29.7. The summed E-state index contributed by atoms with van der Waals surface area (Å²) < 4.78 is 11.5. The molecule has 1 aromatic heterocycles. The summed E-state index contributed by atoms with van der Waals surface area (Å²) in [6, 6.07) is 17.5. The molecule has 4 aromatic rings. The van der Waals surface area contributed by atoms with Crippen LogP contribution < -0.4 is 4.74 Å². The van der Waals surface area contributed by atoms with Crippen molar-refractivity contribution in [2.24, 2.45) is 0 Å². The lowest BCUT2D eigenvalue weighted by Crippen LogP contribution is -2.23. The topological polar surface area (TPSA) is 97.6 Å². The number of aliphatic hydroxyl groups is 1. The van der Waals surface area contributed by atoms with Gasteiger partial charge in [-0.3, -0.25) is 0 Å². The van der Waals surface area contributed by atoms with E-state index in [0.717, 1.165) is 46.2 Å². The molecule has 4 rings (SSSR count). The summed E-state index contributed by atoms with van der Waals surface area (Å²) in [5.41, 5.74) is 6.72. The first-order valence-electron chi connectivity index (χ1n) is 17.9. The van der Waals surface area contributed by atoms with Gasteiger partial charge in [-0.2, -0.15) is 0 Å². The van der Waals surface area contributed by atoms with Crippen LogP contribution in [0, 0.1) is 27.7 Å². The summed E-state index contributed by atoms with van der Waals surface area (Å²) in [7, 11) is 0. The standard InChI is InChI=1S/C41H55N3O4/c1-6-7-8-9-10-11-12-13-14-15-16-19-47-27-35(45)28-48-36-17-18-37(38(46)26-36)41-43-39(33-22-29(2)20-30(3)23-33)42-40(44-41)34-24-31(4)21-32(5)25-34/h17-18,20-26,35,45-46H,6-16,19,27-28H2,1-5H3. The van der Waals surface area contributed by atoms with E-state index in [1.165, 1.54) is 63.9 Å². The van der Waals surface area contributed by atoms with E-state index in [1.54, 1.807) is 12.1 Å². The fourth-order valence-corrected chi connectivity index (χ4v) is 6.08. The molecule has 0 aliphatic heterocycles. The van der Waals surface area contributed by atoms with Crippen molar-refractivity contribution >= 4 is 0 Å². The number of hydrogen-bond donors (Lipinski definition) is 2. The molecule has 48 heavy (non-hydrogen) atoms. The third-order valence-corrected chi connectivity index (χ3v) is 8.45. The van der Waals surface area contributed by atoms with Crippen molar-refractivity contribution < 1.29 is 19.7 Å². The fraction of sp³-hybridized carbons (Fsp3) is 0.488. The van der Waals surface area contributed by atoms with Crippen molar-refractivity contribution in [3.05, 3.63) is 76.9 Å². The summed E-state index contributed by atoms with van der Waals surface area (Å²) in [6.07, 6.45) is 13.4. The van der Waals surface area contributed by atoms with E-state index in [9.17, 15) is 10.2 Å². The van der Waals surface area contributed by atoms with E-state index < -0.39 is 6.10 Å². The molecule has 1 heterocycles. The van der Waals surface area contributed by atoms with Gasteiger partial charge in [0.2, 0.25) is 0 Å². The maximum atomic E-state index is 11.1. The van der Waals surface area contributed by atoms with Crippen LogP contribution in [0.5, 0.6) is 11.5 Å². The highest BCUT2D eigenvalue weighted by Gasteiger charge is 2.17. The van der Waals surface area contributed by atoms with E-state index in [-0.39, 0.29) is 19.0 Å². The highest BCUT2D eigenvalue weighted by molar-refractivity contribution is 5.71. The van der Waals surface area contributed by atoms with Crippen LogP contribution in [-0.2, 0) is 4.74 Å².